The zero-order chi connectivity index (χ0) is 18.5. The van der Waals surface area contributed by atoms with Gasteiger partial charge >= 0.3 is 5.91 Å². The first kappa shape index (κ1) is 18.5. The van der Waals surface area contributed by atoms with E-state index in [1.54, 1.807) is 17.6 Å². The second kappa shape index (κ2) is 8.38. The van der Waals surface area contributed by atoms with Gasteiger partial charge in [-0.05, 0) is 29.3 Å². The van der Waals surface area contributed by atoms with E-state index in [0.717, 1.165) is 16.7 Å². The number of amides is 1. The van der Waals surface area contributed by atoms with E-state index in [4.69, 9.17) is 32.8 Å². The van der Waals surface area contributed by atoms with Gasteiger partial charge in [-0.3, -0.25) is 10.0 Å². The van der Waals surface area contributed by atoms with Crippen molar-refractivity contribution < 1.29 is 14.4 Å². The molecule has 0 radical (unpaired) electrons. The topological polar surface area (TPSA) is 74.5 Å². The first-order valence-electron chi connectivity index (χ1n) is 7.85. The number of halogens is 2. The maximum absolute atomic E-state index is 11.3. The zero-order valence-electron chi connectivity index (χ0n) is 13.6. The van der Waals surface area contributed by atoms with Crippen LogP contribution >= 0.6 is 23.2 Å². The van der Waals surface area contributed by atoms with Crippen LogP contribution in [0.1, 0.15) is 21.7 Å². The van der Waals surface area contributed by atoms with Crippen LogP contribution in [-0.2, 0) is 13.1 Å². The molecule has 26 heavy (non-hydrogen) atoms. The van der Waals surface area contributed by atoms with Crippen LogP contribution in [0.4, 0.5) is 0 Å². The van der Waals surface area contributed by atoms with Crippen molar-refractivity contribution in [3.8, 4) is 11.3 Å². The molecular weight excluding hydrogens is 375 g/mol. The monoisotopic (exact) mass is 390 g/mol. The molecule has 2 aromatic carbocycles. The molecule has 3 rings (SSSR count). The third-order valence-electron chi connectivity index (χ3n) is 3.85. The van der Waals surface area contributed by atoms with Gasteiger partial charge < -0.3 is 9.73 Å². The Morgan fingerprint density at radius 2 is 1.77 bits per heavy atom. The lowest BCUT2D eigenvalue weighted by Gasteiger charge is -2.08. The number of furan rings is 1. The number of hydrogen-bond donors (Lipinski definition) is 3. The Morgan fingerprint density at radius 3 is 2.50 bits per heavy atom. The molecule has 3 aromatic rings. The second-order valence-corrected chi connectivity index (χ2v) is 6.40. The van der Waals surface area contributed by atoms with Gasteiger partial charge in [0.2, 0.25) is 0 Å². The highest BCUT2D eigenvalue weighted by atomic mass is 35.5. The Balaban J connectivity index is 1.60. The predicted octanol–water partition coefficient (Wildman–Crippen LogP) is 4.66. The van der Waals surface area contributed by atoms with Crippen LogP contribution in [0.3, 0.4) is 0 Å². The summed E-state index contributed by atoms with van der Waals surface area (Å²) in [6.07, 6.45) is 0. The lowest BCUT2D eigenvalue weighted by Crippen LogP contribution is -2.17. The highest BCUT2D eigenvalue weighted by molar-refractivity contribution is 6.42. The molecule has 0 aliphatic carbocycles. The normalized spacial score (nSPS) is 10.7. The van der Waals surface area contributed by atoms with E-state index in [1.165, 1.54) is 6.07 Å². The first-order chi connectivity index (χ1) is 12.6. The van der Waals surface area contributed by atoms with Gasteiger partial charge in [0.15, 0.2) is 5.76 Å². The molecule has 3 N–H and O–H groups in total. The first-order valence-corrected chi connectivity index (χ1v) is 8.61. The van der Waals surface area contributed by atoms with Crippen LogP contribution in [0.25, 0.3) is 11.3 Å². The van der Waals surface area contributed by atoms with Gasteiger partial charge in [-0.25, -0.2) is 5.48 Å². The molecule has 0 aliphatic rings. The summed E-state index contributed by atoms with van der Waals surface area (Å²) in [6.45, 7) is 1.28. The molecule has 1 aromatic heterocycles. The van der Waals surface area contributed by atoms with Crippen molar-refractivity contribution in [3.05, 3.63) is 81.5 Å². The average Bonchev–Trinajstić information content (AvgIpc) is 3.15. The largest absolute Gasteiger partial charge is 0.451 e. The lowest BCUT2D eigenvalue weighted by atomic mass is 10.1. The number of rotatable bonds is 6. The maximum Gasteiger partial charge on any atom is 0.310 e. The standard InChI is InChI=1S/C19H16Cl2N2O3/c20-15-3-1-2-14(18(15)21)11-22-10-12-4-6-13(7-5-12)16-8-9-17(26-16)19(24)23-25/h1-9,22,25H,10-11H2,(H,23,24). The molecule has 5 nitrogen and oxygen atoms in total. The minimum atomic E-state index is -0.684. The van der Waals surface area contributed by atoms with Crippen LogP contribution in [0.5, 0.6) is 0 Å². The molecule has 134 valence electrons. The van der Waals surface area contributed by atoms with E-state index in [9.17, 15) is 4.79 Å². The van der Waals surface area contributed by atoms with E-state index in [0.29, 0.717) is 28.9 Å². The smallest absolute Gasteiger partial charge is 0.310 e. The van der Waals surface area contributed by atoms with Crippen molar-refractivity contribution in [2.75, 3.05) is 0 Å². The van der Waals surface area contributed by atoms with Gasteiger partial charge in [0, 0.05) is 18.7 Å². The summed E-state index contributed by atoms with van der Waals surface area (Å²) >= 11 is 12.2. The third kappa shape index (κ3) is 4.26. The van der Waals surface area contributed by atoms with E-state index >= 15 is 0 Å². The summed E-state index contributed by atoms with van der Waals surface area (Å²) in [6, 6.07) is 16.5. The van der Waals surface area contributed by atoms with Crippen molar-refractivity contribution in [2.45, 2.75) is 13.1 Å². The summed E-state index contributed by atoms with van der Waals surface area (Å²) in [5.41, 5.74) is 4.41. The molecule has 0 atom stereocenters. The molecule has 0 saturated heterocycles. The quantitative estimate of drug-likeness (QED) is 0.422. The Bertz CT molecular complexity index is 907. The number of carbonyl (C=O) groups excluding carboxylic acids is 1. The van der Waals surface area contributed by atoms with Gasteiger partial charge in [-0.15, -0.1) is 0 Å². The van der Waals surface area contributed by atoms with Crippen LogP contribution in [-0.4, -0.2) is 11.1 Å². The van der Waals surface area contributed by atoms with Crippen molar-refractivity contribution in [2.24, 2.45) is 0 Å². The molecule has 0 bridgehead atoms. The second-order valence-electron chi connectivity index (χ2n) is 5.62. The van der Waals surface area contributed by atoms with E-state index in [2.05, 4.69) is 5.32 Å². The van der Waals surface area contributed by atoms with Crippen LogP contribution in [0.15, 0.2) is 59.0 Å². The average molecular weight is 391 g/mol. The highest BCUT2D eigenvalue weighted by Crippen LogP contribution is 2.25. The van der Waals surface area contributed by atoms with Crippen molar-refractivity contribution >= 4 is 29.1 Å². The van der Waals surface area contributed by atoms with Crippen LogP contribution in [0, 0.1) is 0 Å². The molecule has 0 unspecified atom stereocenters. The number of benzene rings is 2. The highest BCUT2D eigenvalue weighted by Gasteiger charge is 2.11. The summed E-state index contributed by atoms with van der Waals surface area (Å²) in [7, 11) is 0. The third-order valence-corrected chi connectivity index (χ3v) is 4.70. The van der Waals surface area contributed by atoms with Crippen molar-refractivity contribution in [1.29, 1.82) is 0 Å². The summed E-state index contributed by atoms with van der Waals surface area (Å²) in [5.74, 6) is -0.0859. The fourth-order valence-electron chi connectivity index (χ4n) is 2.48. The zero-order valence-corrected chi connectivity index (χ0v) is 15.1. The predicted molar refractivity (Wildman–Crippen MR) is 100 cm³/mol. The molecule has 1 heterocycles. The van der Waals surface area contributed by atoms with Crippen LogP contribution in [0.2, 0.25) is 10.0 Å². The minimum absolute atomic E-state index is 0.0478. The summed E-state index contributed by atoms with van der Waals surface area (Å²) < 4.78 is 5.41. The Kier molecular flexibility index (Phi) is 5.96. The Morgan fingerprint density at radius 1 is 1.00 bits per heavy atom. The van der Waals surface area contributed by atoms with Crippen molar-refractivity contribution in [3.63, 3.8) is 0 Å². The van der Waals surface area contributed by atoms with Gasteiger partial charge in [0.05, 0.1) is 10.0 Å². The fourth-order valence-corrected chi connectivity index (χ4v) is 2.87. The number of carbonyl (C=O) groups is 1. The van der Waals surface area contributed by atoms with Gasteiger partial charge in [0.1, 0.15) is 5.76 Å². The number of hydrogen-bond acceptors (Lipinski definition) is 4. The van der Waals surface area contributed by atoms with Gasteiger partial charge in [-0.2, -0.15) is 0 Å². The Labute approximate surface area is 160 Å². The van der Waals surface area contributed by atoms with Crippen molar-refractivity contribution in [1.82, 2.24) is 10.8 Å². The maximum atomic E-state index is 11.3. The molecule has 7 heteroatoms. The van der Waals surface area contributed by atoms with E-state index in [1.807, 2.05) is 36.4 Å². The summed E-state index contributed by atoms with van der Waals surface area (Å²) in [5, 5.41) is 13.1. The molecule has 0 aliphatic heterocycles. The Hall–Kier alpha value is -2.31. The van der Waals surface area contributed by atoms with E-state index in [-0.39, 0.29) is 5.76 Å². The number of hydroxylamine groups is 1. The molecular formula is C19H16Cl2N2O3. The number of nitrogens with one attached hydrogen (secondary N) is 2. The fraction of sp³-hybridized carbons (Fsp3) is 0.105. The van der Waals surface area contributed by atoms with Gasteiger partial charge in [-0.1, -0.05) is 59.6 Å². The molecule has 1 amide bonds. The molecule has 0 spiro atoms. The lowest BCUT2D eigenvalue weighted by molar-refractivity contribution is 0.0677. The molecule has 0 fully saturated rings. The van der Waals surface area contributed by atoms with E-state index < -0.39 is 5.91 Å². The van der Waals surface area contributed by atoms with Crippen LogP contribution < -0.4 is 10.8 Å². The minimum Gasteiger partial charge on any atom is -0.451 e. The van der Waals surface area contributed by atoms with Gasteiger partial charge in [0.25, 0.3) is 0 Å². The SMILES string of the molecule is O=C(NO)c1ccc(-c2ccc(CNCc3cccc(Cl)c3Cl)cc2)o1. The summed E-state index contributed by atoms with van der Waals surface area (Å²) in [4.78, 5) is 11.3. The molecule has 0 saturated carbocycles.